The van der Waals surface area contributed by atoms with E-state index in [0.29, 0.717) is 11.8 Å². The molecule has 4 N–H and O–H groups in total. The molecule has 2 saturated carbocycles. The number of hydrogen-bond acceptors (Lipinski definition) is 7. The standard InChI is InChI=1S/C46H52N8O6/c1-23(2)39(51-45(57)60-6)43(55)53-35-17-31(35)19-37(53)41-48-22-34(50-41)30-14-13-28-15-27(11-12-29(28)16-30)25-7-9-26(10-8-25)33-21-47-42(49-33)38-20-32-18-36(32)54(38)44(56)40(24(3)4)52(5)46(58)59/h7-16,21-24,31-32,35-40H,17-20H2,1-6H3,(H,47,49)(H,48,50)(H,51,57)(H,58,59)/t31-,32+,35+,36+,37+,38+,39+,40+/m1/s1. The summed E-state index contributed by atoms with van der Waals surface area (Å²) in [6.07, 6.45) is 5.51. The van der Waals surface area contributed by atoms with E-state index in [1.54, 1.807) is 0 Å². The number of nitrogens with one attached hydrogen (secondary N) is 3. The first kappa shape index (κ1) is 39.3. The number of rotatable bonds is 11. The van der Waals surface area contributed by atoms with Gasteiger partial charge in [-0.05, 0) is 89.0 Å². The lowest BCUT2D eigenvalue weighted by Crippen LogP contribution is -2.52. The number of aromatic nitrogens is 4. The van der Waals surface area contributed by atoms with Crippen LogP contribution in [-0.4, -0.2) is 102 Å². The molecule has 2 aliphatic carbocycles. The van der Waals surface area contributed by atoms with Crippen LogP contribution < -0.4 is 5.32 Å². The predicted molar refractivity (Wildman–Crippen MR) is 225 cm³/mol. The molecule has 4 aliphatic rings. The number of amides is 4. The Morgan fingerprint density at radius 2 is 1.22 bits per heavy atom. The Bertz CT molecular complexity index is 2480. The lowest BCUT2D eigenvalue weighted by atomic mass is 9.98. The van der Waals surface area contributed by atoms with Crippen LogP contribution >= 0.6 is 0 Å². The van der Waals surface area contributed by atoms with Crippen molar-refractivity contribution in [3.8, 4) is 33.6 Å². The lowest BCUT2D eigenvalue weighted by Gasteiger charge is -2.35. The van der Waals surface area contributed by atoms with Gasteiger partial charge in [-0.3, -0.25) is 14.5 Å². The molecule has 14 heteroatoms. The van der Waals surface area contributed by atoms with E-state index < -0.39 is 24.3 Å². The Hall–Kier alpha value is -6.18. The van der Waals surface area contributed by atoms with Gasteiger partial charge in [-0.25, -0.2) is 19.6 Å². The van der Waals surface area contributed by atoms with E-state index >= 15 is 0 Å². The number of hydrogen-bond donors (Lipinski definition) is 4. The number of ether oxygens (including phenoxy) is 1. The van der Waals surface area contributed by atoms with Crippen molar-refractivity contribution >= 4 is 34.8 Å². The van der Waals surface area contributed by atoms with Gasteiger partial charge in [0.2, 0.25) is 11.8 Å². The summed E-state index contributed by atoms with van der Waals surface area (Å²) in [5.41, 5.74) is 5.89. The number of carboxylic acid groups (broad SMARTS) is 1. The second-order valence-electron chi connectivity index (χ2n) is 17.8. The molecule has 4 fully saturated rings. The number of carbonyl (C=O) groups excluding carboxylic acids is 3. The predicted octanol–water partition coefficient (Wildman–Crippen LogP) is 7.63. The summed E-state index contributed by atoms with van der Waals surface area (Å²) < 4.78 is 4.80. The van der Waals surface area contributed by atoms with Gasteiger partial charge in [0.05, 0.1) is 43.0 Å². The molecule has 9 rings (SSSR count). The Labute approximate surface area is 348 Å². The summed E-state index contributed by atoms with van der Waals surface area (Å²) in [5, 5.41) is 14.6. The summed E-state index contributed by atoms with van der Waals surface area (Å²) in [7, 11) is 2.77. The molecule has 2 aliphatic heterocycles. The van der Waals surface area contributed by atoms with Crippen molar-refractivity contribution in [2.45, 2.75) is 89.6 Å². The first-order valence-corrected chi connectivity index (χ1v) is 21.0. The maximum absolute atomic E-state index is 13.9. The number of benzene rings is 3. The van der Waals surface area contributed by atoms with Gasteiger partial charge in [-0.15, -0.1) is 0 Å². The van der Waals surface area contributed by atoms with E-state index in [1.165, 1.54) is 14.2 Å². The first-order valence-electron chi connectivity index (χ1n) is 21.0. The molecule has 5 aromatic rings. The van der Waals surface area contributed by atoms with E-state index in [9.17, 15) is 24.3 Å². The molecule has 0 spiro atoms. The molecule has 4 amide bonds. The van der Waals surface area contributed by atoms with Crippen molar-refractivity contribution in [2.24, 2.45) is 23.7 Å². The number of methoxy groups -OCH3 is 1. The Balaban J connectivity index is 0.884. The molecule has 2 aromatic heterocycles. The minimum absolute atomic E-state index is 0.100. The number of fused-ring (bicyclic) bond motifs is 3. The van der Waals surface area contributed by atoms with Crippen molar-refractivity contribution in [3.63, 3.8) is 0 Å². The molecule has 0 unspecified atom stereocenters. The SMILES string of the molecule is COC(=O)N[C@H](C(=O)N1[C@H](c2ncc(-c3ccc4cc(-c5ccc(-c6cnc([C@@H]7C[C@@H]8C[C@@H]8N7C(=O)[C@H](C(C)C)N(C)C(=O)O)[nH]6)cc5)ccc4c3)[nH]2)C[C@H]2C[C@@H]21)C(C)C. The molecule has 4 heterocycles. The van der Waals surface area contributed by atoms with Crippen LogP contribution in [0.5, 0.6) is 0 Å². The van der Waals surface area contributed by atoms with Gasteiger partial charge >= 0.3 is 12.2 Å². The molecule has 312 valence electrons. The third-order valence-electron chi connectivity index (χ3n) is 13.2. The third kappa shape index (κ3) is 7.05. The highest BCUT2D eigenvalue weighted by Crippen LogP contribution is 2.54. The summed E-state index contributed by atoms with van der Waals surface area (Å²) in [5.74, 6) is 1.83. The summed E-state index contributed by atoms with van der Waals surface area (Å²) in [4.78, 5) is 73.1. The maximum Gasteiger partial charge on any atom is 0.407 e. The summed E-state index contributed by atoms with van der Waals surface area (Å²) >= 11 is 0. The molecular formula is C46H52N8O6. The van der Waals surface area contributed by atoms with E-state index in [1.807, 2.05) is 49.9 Å². The van der Waals surface area contributed by atoms with Gasteiger partial charge in [-0.2, -0.15) is 0 Å². The molecular weight excluding hydrogens is 761 g/mol. The average Bonchev–Trinajstić information content (AvgIpc) is 3.82. The molecule has 0 radical (unpaired) electrons. The Kier molecular flexibility index (Phi) is 9.91. The molecule has 2 saturated heterocycles. The molecule has 60 heavy (non-hydrogen) atoms. The summed E-state index contributed by atoms with van der Waals surface area (Å²) in [6, 6.07) is 19.6. The number of carbonyl (C=O) groups is 4. The highest BCUT2D eigenvalue weighted by atomic mass is 16.5. The number of alkyl carbamates (subject to hydrolysis) is 1. The van der Waals surface area contributed by atoms with Gasteiger partial charge in [-0.1, -0.05) is 76.2 Å². The zero-order chi connectivity index (χ0) is 42.1. The monoisotopic (exact) mass is 812 g/mol. The van der Waals surface area contributed by atoms with Crippen molar-refractivity contribution in [1.82, 2.24) is 40.0 Å². The molecule has 3 aromatic carbocycles. The quantitative estimate of drug-likeness (QED) is 0.105. The van der Waals surface area contributed by atoms with Crippen LogP contribution in [0.3, 0.4) is 0 Å². The van der Waals surface area contributed by atoms with Crippen LogP contribution in [0.2, 0.25) is 0 Å². The Morgan fingerprint density at radius 1 is 0.717 bits per heavy atom. The number of likely N-dealkylation sites (N-methyl/N-ethyl adjacent to an activating group) is 1. The van der Waals surface area contributed by atoms with Crippen LogP contribution in [0, 0.1) is 23.7 Å². The van der Waals surface area contributed by atoms with Gasteiger partial charge in [0, 0.05) is 24.7 Å². The molecule has 14 nitrogen and oxygen atoms in total. The Morgan fingerprint density at radius 3 is 1.75 bits per heavy atom. The zero-order valence-electron chi connectivity index (χ0n) is 34.8. The fraction of sp³-hybridized carbons (Fsp3) is 0.435. The van der Waals surface area contributed by atoms with Crippen LogP contribution in [0.15, 0.2) is 73.1 Å². The van der Waals surface area contributed by atoms with Gasteiger partial charge in [0.15, 0.2) is 0 Å². The van der Waals surface area contributed by atoms with Crippen LogP contribution in [0.25, 0.3) is 44.4 Å². The maximum atomic E-state index is 13.9. The smallest absolute Gasteiger partial charge is 0.407 e. The fourth-order valence-corrected chi connectivity index (χ4v) is 9.81. The van der Waals surface area contributed by atoms with Gasteiger partial charge in [0.1, 0.15) is 23.7 Å². The van der Waals surface area contributed by atoms with E-state index in [2.05, 4.69) is 75.9 Å². The molecule has 8 atom stereocenters. The van der Waals surface area contributed by atoms with E-state index in [-0.39, 0.29) is 47.8 Å². The van der Waals surface area contributed by atoms with Crippen molar-refractivity contribution in [3.05, 3.63) is 84.7 Å². The highest BCUT2D eigenvalue weighted by Gasteiger charge is 2.57. The highest BCUT2D eigenvalue weighted by molar-refractivity contribution is 5.91. The lowest BCUT2D eigenvalue weighted by molar-refractivity contribution is -0.140. The summed E-state index contributed by atoms with van der Waals surface area (Å²) in [6.45, 7) is 7.61. The van der Waals surface area contributed by atoms with Crippen LogP contribution in [0.4, 0.5) is 9.59 Å². The second-order valence-corrected chi connectivity index (χ2v) is 17.8. The number of H-pyrrole nitrogens is 2. The largest absolute Gasteiger partial charge is 0.465 e. The van der Waals surface area contributed by atoms with Crippen LogP contribution in [0.1, 0.15) is 77.1 Å². The average molecular weight is 813 g/mol. The third-order valence-corrected chi connectivity index (χ3v) is 13.2. The number of likely N-dealkylation sites (tertiary alicyclic amines) is 2. The number of piperidine rings is 2. The van der Waals surface area contributed by atoms with Crippen molar-refractivity contribution in [2.75, 3.05) is 14.2 Å². The number of imidazole rings is 2. The number of aromatic amines is 2. The normalized spacial score (nSPS) is 23.7. The van der Waals surface area contributed by atoms with Crippen molar-refractivity contribution < 1.29 is 29.0 Å². The minimum Gasteiger partial charge on any atom is -0.465 e. The fourth-order valence-electron chi connectivity index (χ4n) is 9.81. The van der Waals surface area contributed by atoms with Gasteiger partial charge in [0.25, 0.3) is 0 Å². The van der Waals surface area contributed by atoms with Crippen LogP contribution in [-0.2, 0) is 14.3 Å². The minimum atomic E-state index is -1.11. The van der Waals surface area contributed by atoms with Crippen molar-refractivity contribution in [1.29, 1.82) is 0 Å². The van der Waals surface area contributed by atoms with E-state index in [0.717, 1.165) is 86.6 Å². The van der Waals surface area contributed by atoms with Gasteiger partial charge < -0.3 is 34.9 Å². The zero-order valence-corrected chi connectivity index (χ0v) is 34.8. The second kappa shape index (κ2) is 15.1. The van der Waals surface area contributed by atoms with E-state index in [4.69, 9.17) is 14.7 Å². The topological polar surface area (TPSA) is 177 Å². The number of nitrogens with zero attached hydrogens (tertiary/aromatic N) is 5. The molecule has 0 bridgehead atoms. The first-order chi connectivity index (χ1) is 28.8.